The monoisotopic (exact) mass is 1050 g/mol. The maximum Gasteiger partial charge on any atom is 0.252 e. The molecule has 0 unspecified atom stereocenters. The van der Waals surface area contributed by atoms with Gasteiger partial charge in [0.25, 0.3) is 6.71 Å². The first kappa shape index (κ1) is 52.6. The van der Waals surface area contributed by atoms with E-state index in [1.165, 1.54) is 113 Å². The van der Waals surface area contributed by atoms with Gasteiger partial charge in [-0.15, -0.1) is 0 Å². The second kappa shape index (κ2) is 17.9. The number of hydrogen-bond acceptors (Lipinski definition) is 3. The lowest BCUT2D eigenvalue weighted by Crippen LogP contribution is -2.62. The third-order valence-electron chi connectivity index (χ3n) is 21.0. The Morgan fingerprint density at radius 3 is 1.34 bits per heavy atom. The summed E-state index contributed by atoms with van der Waals surface area (Å²) in [6.45, 7) is 37.0. The summed E-state index contributed by atoms with van der Waals surface area (Å²) in [5, 5.41) is 0. The highest BCUT2D eigenvalue weighted by atomic mass is 15.2. The summed E-state index contributed by atoms with van der Waals surface area (Å²) in [7, 11) is 0. The molecule has 8 aromatic carbocycles. The molecule has 0 spiro atoms. The van der Waals surface area contributed by atoms with Gasteiger partial charge in [-0.3, -0.25) is 0 Å². The number of aryl methyl sites for hydroxylation is 1. The predicted molar refractivity (Wildman–Crippen MR) is 344 cm³/mol. The van der Waals surface area contributed by atoms with E-state index in [4.69, 9.17) is 0 Å². The fraction of sp³-hybridized carbons (Fsp3) is 0.368. The summed E-state index contributed by atoms with van der Waals surface area (Å²) in [5.41, 5.74) is 27.9. The molecule has 13 rings (SSSR count). The quantitative estimate of drug-likeness (QED) is 0.147. The first-order valence-electron chi connectivity index (χ1n) is 30.2. The van der Waals surface area contributed by atoms with Crippen LogP contribution in [-0.4, -0.2) is 6.71 Å². The van der Waals surface area contributed by atoms with Crippen LogP contribution in [0.3, 0.4) is 0 Å². The van der Waals surface area contributed by atoms with Crippen molar-refractivity contribution in [3.8, 4) is 0 Å². The van der Waals surface area contributed by atoms with Gasteiger partial charge in [0.1, 0.15) is 0 Å². The van der Waals surface area contributed by atoms with Gasteiger partial charge in [-0.1, -0.05) is 194 Å². The van der Waals surface area contributed by atoms with E-state index in [0.29, 0.717) is 0 Å². The lowest BCUT2D eigenvalue weighted by molar-refractivity contribution is 0.332. The fourth-order valence-electron chi connectivity index (χ4n) is 15.4. The lowest BCUT2D eigenvalue weighted by atomic mass is 9.33. The molecular weight excluding hydrogens is 966 g/mol. The van der Waals surface area contributed by atoms with E-state index in [1.54, 1.807) is 0 Å². The summed E-state index contributed by atoms with van der Waals surface area (Å²) >= 11 is 0. The SMILES string of the molecule is Cc1cc2c(cc1N1c3ccc(C(C)(C)c4ccccc4)cc3B3c4cc5c(cc4N(c4ccc6c(c4)C(C)(C)CCC6(C)C)c4cc(N(c6ccccc6)c6ccccc6)cc1c43)C(C)(C)CCC5(C)C)C(C)(C)CCC2(C)C. The summed E-state index contributed by atoms with van der Waals surface area (Å²) < 4.78 is 0. The molecule has 0 saturated carbocycles. The minimum Gasteiger partial charge on any atom is -0.311 e. The van der Waals surface area contributed by atoms with E-state index in [1.807, 2.05) is 0 Å². The Bertz CT molecular complexity index is 3740. The molecule has 0 atom stereocenters. The zero-order chi connectivity index (χ0) is 56.3. The van der Waals surface area contributed by atoms with Gasteiger partial charge >= 0.3 is 0 Å². The number of para-hydroxylation sites is 2. The van der Waals surface area contributed by atoms with Crippen LogP contribution >= 0.6 is 0 Å². The first-order valence-corrected chi connectivity index (χ1v) is 30.2. The van der Waals surface area contributed by atoms with Gasteiger partial charge in [0, 0.05) is 50.9 Å². The van der Waals surface area contributed by atoms with E-state index in [0.717, 1.165) is 42.7 Å². The molecule has 0 amide bonds. The summed E-state index contributed by atoms with van der Waals surface area (Å²) in [6, 6.07) is 64.3. The van der Waals surface area contributed by atoms with E-state index in [9.17, 15) is 0 Å². The van der Waals surface area contributed by atoms with Gasteiger partial charge in [-0.2, -0.15) is 0 Å². The number of benzene rings is 8. The average molecular weight is 1050 g/mol. The Balaban J connectivity index is 1.20. The van der Waals surface area contributed by atoms with Crippen LogP contribution < -0.4 is 31.1 Å². The van der Waals surface area contributed by atoms with Crippen LogP contribution in [0.2, 0.25) is 0 Å². The van der Waals surface area contributed by atoms with E-state index in [-0.39, 0.29) is 44.6 Å². The van der Waals surface area contributed by atoms with E-state index >= 15 is 0 Å². The standard InChI is InChI=1S/C76H84BN3/c1-49-41-57-60(74(10,11)39-37-71(57,4)5)47-65(49)80-64-34-31-51(76(14,15)50-25-19-16-20-26-50)42-62(64)77-63-46-59-61(75(12,13)40-38-73(59,8)9)48-66(63)79(54-32-33-56-58(43-54)72(6,7)36-35-70(56,2)3)67-44-55(45-68(80)69(67)77)78(52-27-21-17-22-28-52)53-29-23-18-24-30-53/h16-34,41-48H,35-40H2,1-15H3. The molecular formula is C76H84BN3. The van der Waals surface area contributed by atoms with Gasteiger partial charge in [0.15, 0.2) is 0 Å². The molecule has 3 aliphatic carbocycles. The predicted octanol–water partition coefficient (Wildman–Crippen LogP) is 18.9. The first-order chi connectivity index (χ1) is 37.8. The summed E-state index contributed by atoms with van der Waals surface area (Å²) in [6.07, 6.45) is 6.96. The molecule has 2 aliphatic heterocycles. The molecule has 80 heavy (non-hydrogen) atoms. The summed E-state index contributed by atoms with van der Waals surface area (Å²) in [5.74, 6) is 0. The van der Waals surface area contributed by atoms with Gasteiger partial charge < -0.3 is 14.7 Å². The van der Waals surface area contributed by atoms with Crippen molar-refractivity contribution in [3.63, 3.8) is 0 Å². The average Bonchev–Trinajstić information content (AvgIpc) is 3.62. The molecule has 0 bridgehead atoms. The second-order valence-corrected chi connectivity index (χ2v) is 29.4. The molecule has 0 aromatic heterocycles. The number of anilines is 9. The molecule has 0 radical (unpaired) electrons. The minimum atomic E-state index is -0.258. The maximum absolute atomic E-state index is 2.74. The van der Waals surface area contributed by atoms with Crippen molar-refractivity contribution in [2.45, 2.75) is 180 Å². The highest BCUT2D eigenvalue weighted by Crippen LogP contribution is 2.56. The Hall–Kier alpha value is -6.78. The molecule has 3 nitrogen and oxygen atoms in total. The van der Waals surface area contributed by atoms with E-state index in [2.05, 4.69) is 282 Å². The molecule has 0 N–H and O–H groups in total. The highest BCUT2D eigenvalue weighted by Gasteiger charge is 2.49. The molecule has 0 fully saturated rings. The van der Waals surface area contributed by atoms with Crippen molar-refractivity contribution in [2.24, 2.45) is 0 Å². The smallest absolute Gasteiger partial charge is 0.252 e. The molecule has 4 heteroatoms. The normalized spacial score (nSPS) is 19.2. The summed E-state index contributed by atoms with van der Waals surface area (Å²) in [4.78, 5) is 7.97. The van der Waals surface area contributed by atoms with Gasteiger partial charge in [0.05, 0.1) is 5.69 Å². The van der Waals surface area contributed by atoms with Crippen LogP contribution in [-0.2, 0) is 37.9 Å². The number of fused-ring (bicyclic) bond motifs is 7. The van der Waals surface area contributed by atoms with Crippen molar-refractivity contribution >= 4 is 74.3 Å². The Labute approximate surface area is 480 Å². The lowest BCUT2D eigenvalue weighted by Gasteiger charge is -2.49. The van der Waals surface area contributed by atoms with Crippen LogP contribution in [0.25, 0.3) is 0 Å². The molecule has 5 aliphatic rings. The van der Waals surface area contributed by atoms with Crippen LogP contribution in [0.15, 0.2) is 164 Å². The highest BCUT2D eigenvalue weighted by molar-refractivity contribution is 7.00. The zero-order valence-corrected chi connectivity index (χ0v) is 50.8. The minimum absolute atomic E-state index is 0.00140. The largest absolute Gasteiger partial charge is 0.311 e. The third kappa shape index (κ3) is 8.10. The molecule has 0 saturated heterocycles. The third-order valence-corrected chi connectivity index (χ3v) is 21.0. The molecule has 8 aromatic rings. The van der Waals surface area contributed by atoms with Crippen LogP contribution in [0, 0.1) is 6.92 Å². The van der Waals surface area contributed by atoms with Crippen molar-refractivity contribution in [1.82, 2.24) is 0 Å². The van der Waals surface area contributed by atoms with Crippen molar-refractivity contribution in [2.75, 3.05) is 14.7 Å². The number of rotatable bonds is 7. The number of hydrogen-bond donors (Lipinski definition) is 0. The topological polar surface area (TPSA) is 9.72 Å². The Morgan fingerprint density at radius 2 is 0.800 bits per heavy atom. The van der Waals surface area contributed by atoms with E-state index < -0.39 is 0 Å². The zero-order valence-electron chi connectivity index (χ0n) is 50.8. The van der Waals surface area contributed by atoms with Crippen LogP contribution in [0.5, 0.6) is 0 Å². The molecule has 406 valence electrons. The van der Waals surface area contributed by atoms with Gasteiger partial charge in [-0.25, -0.2) is 0 Å². The Morgan fingerprint density at radius 1 is 0.362 bits per heavy atom. The van der Waals surface area contributed by atoms with Gasteiger partial charge in [0.2, 0.25) is 0 Å². The second-order valence-electron chi connectivity index (χ2n) is 29.4. The Kier molecular flexibility index (Phi) is 11.7. The number of nitrogens with zero attached hydrogens (tertiary/aromatic N) is 3. The van der Waals surface area contributed by atoms with Crippen molar-refractivity contribution < 1.29 is 0 Å². The molecule has 2 heterocycles. The fourth-order valence-corrected chi connectivity index (χ4v) is 15.4. The maximum atomic E-state index is 2.74. The van der Waals surface area contributed by atoms with Crippen LogP contribution in [0.1, 0.15) is 186 Å². The van der Waals surface area contributed by atoms with Gasteiger partial charge in [-0.05, 0) is 211 Å². The van der Waals surface area contributed by atoms with Crippen molar-refractivity contribution in [1.29, 1.82) is 0 Å². The van der Waals surface area contributed by atoms with Crippen LogP contribution in [0.4, 0.5) is 51.2 Å². The van der Waals surface area contributed by atoms with Crippen molar-refractivity contribution in [3.05, 3.63) is 214 Å².